The first-order chi connectivity index (χ1) is 16.3. The van der Waals surface area contributed by atoms with Gasteiger partial charge in [-0.25, -0.2) is 5.01 Å². The van der Waals surface area contributed by atoms with Crippen molar-refractivity contribution >= 4 is 23.2 Å². The molecule has 1 aliphatic rings. The first-order valence-electron chi connectivity index (χ1n) is 11.2. The Bertz CT molecular complexity index is 1040. The number of nitrogens with one attached hydrogen (secondary N) is 1. The van der Waals surface area contributed by atoms with Crippen molar-refractivity contribution in [3.8, 4) is 11.5 Å². The van der Waals surface area contributed by atoms with Crippen LogP contribution in [0.4, 0.5) is 14.5 Å². The molecule has 0 fully saturated rings. The number of alkyl halides is 2. The predicted molar refractivity (Wildman–Crippen MR) is 125 cm³/mol. The average Bonchev–Trinajstić information content (AvgIpc) is 2.81. The highest BCUT2D eigenvalue weighted by Gasteiger charge is 2.30. The van der Waals surface area contributed by atoms with Gasteiger partial charge in [-0.3, -0.25) is 9.59 Å². The number of anilines is 1. The Labute approximate surface area is 197 Å². The Balaban J connectivity index is 1.82. The summed E-state index contributed by atoms with van der Waals surface area (Å²) < 4.78 is 35.1. The van der Waals surface area contributed by atoms with Crippen LogP contribution in [0.25, 0.3) is 0 Å². The lowest BCUT2D eigenvalue weighted by Crippen LogP contribution is -2.36. The van der Waals surface area contributed by atoms with Crippen molar-refractivity contribution in [2.45, 2.75) is 52.7 Å². The number of carbonyl (C=O) groups is 2. The third kappa shape index (κ3) is 6.30. The summed E-state index contributed by atoms with van der Waals surface area (Å²) in [6.07, 6.45) is 2.22. The second-order valence-electron chi connectivity index (χ2n) is 7.99. The van der Waals surface area contributed by atoms with Crippen LogP contribution < -0.4 is 14.8 Å². The second-order valence-corrected chi connectivity index (χ2v) is 7.99. The van der Waals surface area contributed by atoms with Gasteiger partial charge in [0.25, 0.3) is 0 Å². The minimum absolute atomic E-state index is 0.0401. The van der Waals surface area contributed by atoms with E-state index in [9.17, 15) is 18.4 Å². The molecular weight excluding hydrogens is 444 g/mol. The molecule has 0 spiro atoms. The SMILES string of the molecule is CCCC(=O)Nc1ccc(CN2N=C(c3ccc(OC(F)F)c(OC)c3)C(CC)CC2=O)cc1. The van der Waals surface area contributed by atoms with Gasteiger partial charge < -0.3 is 14.8 Å². The quantitative estimate of drug-likeness (QED) is 0.515. The average molecular weight is 474 g/mol. The Morgan fingerprint density at radius 2 is 1.91 bits per heavy atom. The molecule has 0 aromatic heterocycles. The number of carbonyl (C=O) groups excluding carboxylic acids is 2. The molecule has 9 heteroatoms. The molecule has 182 valence electrons. The van der Waals surface area contributed by atoms with E-state index < -0.39 is 6.61 Å². The van der Waals surface area contributed by atoms with Crippen molar-refractivity contribution in [2.24, 2.45) is 11.0 Å². The van der Waals surface area contributed by atoms with Crippen molar-refractivity contribution in [2.75, 3.05) is 12.4 Å². The number of rotatable bonds is 10. The number of amides is 2. The smallest absolute Gasteiger partial charge is 0.387 e. The van der Waals surface area contributed by atoms with Crippen LogP contribution in [0.3, 0.4) is 0 Å². The summed E-state index contributed by atoms with van der Waals surface area (Å²) in [7, 11) is 1.38. The Hall–Kier alpha value is -3.49. The highest BCUT2D eigenvalue weighted by Crippen LogP contribution is 2.33. The molecule has 7 nitrogen and oxygen atoms in total. The zero-order chi connectivity index (χ0) is 24.7. The summed E-state index contributed by atoms with van der Waals surface area (Å²) in [6, 6.07) is 11.9. The standard InChI is InChI=1S/C25H29F2N3O4/c1-4-6-22(31)28-19-10-7-16(8-11-19)15-30-23(32)14-17(5-2)24(29-30)18-9-12-20(34-25(26)27)21(13-18)33-3/h7-13,17,25H,4-6,14-15H2,1-3H3,(H,28,31). The zero-order valence-corrected chi connectivity index (χ0v) is 19.5. The van der Waals surface area contributed by atoms with Crippen LogP contribution in [-0.2, 0) is 16.1 Å². The zero-order valence-electron chi connectivity index (χ0n) is 19.5. The van der Waals surface area contributed by atoms with Crippen LogP contribution in [0.15, 0.2) is 47.6 Å². The van der Waals surface area contributed by atoms with E-state index in [0.29, 0.717) is 29.8 Å². The van der Waals surface area contributed by atoms with E-state index in [1.807, 2.05) is 26.0 Å². The fraction of sp³-hybridized carbons (Fsp3) is 0.400. The molecule has 0 bridgehead atoms. The molecule has 1 N–H and O–H groups in total. The van der Waals surface area contributed by atoms with Crippen LogP contribution in [0.5, 0.6) is 11.5 Å². The molecule has 34 heavy (non-hydrogen) atoms. The highest BCUT2D eigenvalue weighted by molar-refractivity contribution is 6.06. The van der Waals surface area contributed by atoms with Gasteiger partial charge in [-0.2, -0.15) is 13.9 Å². The van der Waals surface area contributed by atoms with Gasteiger partial charge in [0.15, 0.2) is 11.5 Å². The molecule has 0 saturated carbocycles. The Morgan fingerprint density at radius 1 is 1.18 bits per heavy atom. The van der Waals surface area contributed by atoms with Crippen LogP contribution in [-0.4, -0.2) is 36.3 Å². The van der Waals surface area contributed by atoms with Crippen LogP contribution in [0, 0.1) is 5.92 Å². The molecule has 2 aromatic rings. The summed E-state index contributed by atoms with van der Waals surface area (Å²) in [4.78, 5) is 24.5. The molecule has 1 heterocycles. The summed E-state index contributed by atoms with van der Waals surface area (Å²) in [5, 5.41) is 8.88. The van der Waals surface area contributed by atoms with Crippen molar-refractivity contribution in [3.05, 3.63) is 53.6 Å². The van der Waals surface area contributed by atoms with Gasteiger partial charge in [-0.05, 0) is 48.7 Å². The molecular formula is C25H29F2N3O4. The maximum absolute atomic E-state index is 12.8. The van der Waals surface area contributed by atoms with Crippen molar-refractivity contribution in [1.82, 2.24) is 5.01 Å². The monoisotopic (exact) mass is 473 g/mol. The summed E-state index contributed by atoms with van der Waals surface area (Å²) in [6.45, 7) is 1.22. The third-order valence-corrected chi connectivity index (χ3v) is 5.54. The lowest BCUT2D eigenvalue weighted by molar-refractivity contribution is -0.133. The molecule has 3 rings (SSSR count). The van der Waals surface area contributed by atoms with Gasteiger partial charge in [0.05, 0.1) is 19.4 Å². The van der Waals surface area contributed by atoms with Gasteiger partial charge in [-0.1, -0.05) is 26.0 Å². The third-order valence-electron chi connectivity index (χ3n) is 5.54. The normalized spacial score (nSPS) is 15.8. The lowest BCUT2D eigenvalue weighted by atomic mass is 9.89. The molecule has 2 aromatic carbocycles. The van der Waals surface area contributed by atoms with Gasteiger partial charge in [0.2, 0.25) is 11.8 Å². The van der Waals surface area contributed by atoms with E-state index in [4.69, 9.17) is 4.74 Å². The van der Waals surface area contributed by atoms with Gasteiger partial charge in [-0.15, -0.1) is 0 Å². The lowest BCUT2D eigenvalue weighted by Gasteiger charge is -2.29. The fourth-order valence-corrected chi connectivity index (χ4v) is 3.77. The largest absolute Gasteiger partial charge is 0.493 e. The summed E-state index contributed by atoms with van der Waals surface area (Å²) in [5.41, 5.74) is 2.92. The van der Waals surface area contributed by atoms with Crippen molar-refractivity contribution < 1.29 is 27.8 Å². The highest BCUT2D eigenvalue weighted by atomic mass is 19.3. The Kier molecular flexibility index (Phi) is 8.56. The van der Waals surface area contributed by atoms with Crippen molar-refractivity contribution in [3.63, 3.8) is 0 Å². The van der Waals surface area contributed by atoms with Crippen molar-refractivity contribution in [1.29, 1.82) is 0 Å². The second kappa shape index (κ2) is 11.6. The summed E-state index contributed by atoms with van der Waals surface area (Å²) >= 11 is 0. The van der Waals surface area contributed by atoms with E-state index >= 15 is 0 Å². The van der Waals surface area contributed by atoms with E-state index in [2.05, 4.69) is 15.2 Å². The molecule has 0 saturated heterocycles. The first-order valence-corrected chi connectivity index (χ1v) is 11.2. The maximum atomic E-state index is 12.8. The summed E-state index contributed by atoms with van der Waals surface area (Å²) in [5.74, 6) is -0.141. The molecule has 1 unspecified atom stereocenters. The van der Waals surface area contributed by atoms with Crippen LogP contribution in [0.1, 0.15) is 50.7 Å². The number of methoxy groups -OCH3 is 1. The van der Waals surface area contributed by atoms with Gasteiger partial charge >= 0.3 is 6.61 Å². The number of hydrogen-bond donors (Lipinski definition) is 1. The molecule has 2 amide bonds. The number of hydrazone groups is 1. The topological polar surface area (TPSA) is 80.2 Å². The number of ether oxygens (including phenoxy) is 2. The number of nitrogens with zero attached hydrogens (tertiary/aromatic N) is 2. The number of hydrogen-bond acceptors (Lipinski definition) is 5. The van der Waals surface area contributed by atoms with E-state index in [0.717, 1.165) is 12.0 Å². The molecule has 1 aliphatic heterocycles. The molecule has 1 atom stereocenters. The van der Waals surface area contributed by atoms with E-state index in [-0.39, 0.29) is 42.2 Å². The Morgan fingerprint density at radius 3 is 2.53 bits per heavy atom. The van der Waals surface area contributed by atoms with E-state index in [1.165, 1.54) is 18.2 Å². The van der Waals surface area contributed by atoms with E-state index in [1.54, 1.807) is 24.3 Å². The van der Waals surface area contributed by atoms with Gasteiger partial charge in [0.1, 0.15) is 0 Å². The minimum Gasteiger partial charge on any atom is -0.493 e. The van der Waals surface area contributed by atoms with Gasteiger partial charge in [0, 0.05) is 30.0 Å². The first kappa shape index (κ1) is 25.1. The predicted octanol–water partition coefficient (Wildman–Crippen LogP) is 5.20. The fourth-order valence-electron chi connectivity index (χ4n) is 3.77. The number of halogens is 2. The molecule has 0 aliphatic carbocycles. The number of benzene rings is 2. The van der Waals surface area contributed by atoms with Crippen LogP contribution >= 0.6 is 0 Å². The van der Waals surface area contributed by atoms with Crippen LogP contribution in [0.2, 0.25) is 0 Å². The maximum Gasteiger partial charge on any atom is 0.387 e. The minimum atomic E-state index is -2.96. The molecule has 0 radical (unpaired) electrons.